The van der Waals surface area contributed by atoms with Crippen LogP contribution in [0.5, 0.6) is 5.75 Å². The van der Waals surface area contributed by atoms with Crippen molar-refractivity contribution in [1.29, 1.82) is 0 Å². The molecule has 2 aromatic rings. The van der Waals surface area contributed by atoms with Crippen LogP contribution in [0.2, 0.25) is 18.1 Å². The van der Waals surface area contributed by atoms with Crippen LogP contribution in [0.4, 0.5) is 0 Å². The number of aryl methyl sites for hydroxylation is 1. The molecule has 0 fully saturated rings. The van der Waals surface area contributed by atoms with Crippen LogP contribution in [0, 0.1) is 12.8 Å². The number of fused-ring (bicyclic) bond motifs is 1. The highest BCUT2D eigenvalue weighted by Gasteiger charge is 2.38. The number of ether oxygens (including phenoxy) is 2. The van der Waals surface area contributed by atoms with Gasteiger partial charge < -0.3 is 18.8 Å². The Bertz CT molecular complexity index is 1030. The summed E-state index contributed by atoms with van der Waals surface area (Å²) < 4.78 is 12.8. The molecule has 1 heterocycles. The van der Waals surface area contributed by atoms with E-state index in [9.17, 15) is 14.4 Å². The molecule has 1 atom stereocenters. The van der Waals surface area contributed by atoms with Crippen LogP contribution in [0.3, 0.4) is 0 Å². The van der Waals surface area contributed by atoms with Crippen molar-refractivity contribution in [3.8, 4) is 5.75 Å². The summed E-state index contributed by atoms with van der Waals surface area (Å²) in [5.41, 5.74) is 1.29. The fourth-order valence-corrected chi connectivity index (χ4v) is 4.70. The van der Waals surface area contributed by atoms with Gasteiger partial charge in [-0.05, 0) is 62.4 Å². The van der Waals surface area contributed by atoms with Crippen LogP contribution >= 0.6 is 0 Å². The molecule has 0 spiro atoms. The first kappa shape index (κ1) is 26.1. The quantitative estimate of drug-likeness (QED) is 0.397. The number of pyridine rings is 1. The Morgan fingerprint density at radius 1 is 1.25 bits per heavy atom. The Balaban J connectivity index is 2.74. The number of nitrogens with zero attached hydrogens (tertiary/aromatic N) is 1. The molecular formula is C25H39NO5Si. The molecule has 0 saturated carbocycles. The van der Waals surface area contributed by atoms with E-state index in [1.807, 2.05) is 30.7 Å². The van der Waals surface area contributed by atoms with Gasteiger partial charge in [-0.3, -0.25) is 4.79 Å². The van der Waals surface area contributed by atoms with E-state index in [0.29, 0.717) is 11.1 Å². The molecule has 1 aromatic heterocycles. The second-order valence-electron chi connectivity index (χ2n) is 10.1. The highest BCUT2D eigenvalue weighted by molar-refractivity contribution is 6.72. The molecule has 32 heavy (non-hydrogen) atoms. The van der Waals surface area contributed by atoms with Crippen molar-refractivity contribution in [2.75, 3.05) is 13.7 Å². The van der Waals surface area contributed by atoms with Gasteiger partial charge in [-0.15, -0.1) is 0 Å². The highest BCUT2D eigenvalue weighted by Crippen LogP contribution is 2.43. The van der Waals surface area contributed by atoms with Crippen molar-refractivity contribution in [2.24, 2.45) is 5.92 Å². The van der Waals surface area contributed by atoms with E-state index in [1.165, 1.54) is 0 Å². The van der Waals surface area contributed by atoms with E-state index in [0.717, 1.165) is 23.9 Å². The number of benzene rings is 1. The predicted octanol–water partition coefficient (Wildman–Crippen LogP) is 5.45. The molecule has 0 bridgehead atoms. The molecule has 178 valence electrons. The Morgan fingerprint density at radius 3 is 2.38 bits per heavy atom. The number of methoxy groups -OCH3 is 1. The molecule has 0 aliphatic carbocycles. The summed E-state index contributed by atoms with van der Waals surface area (Å²) in [4.78, 5) is 36.6. The van der Waals surface area contributed by atoms with E-state index < -0.39 is 14.3 Å². The van der Waals surface area contributed by atoms with Crippen LogP contribution in [0.15, 0.2) is 23.1 Å². The second-order valence-corrected chi connectivity index (χ2v) is 14.6. The van der Waals surface area contributed by atoms with Crippen LogP contribution in [0.25, 0.3) is 10.9 Å². The molecule has 6 nitrogen and oxygen atoms in total. The molecular weight excluding hydrogens is 422 g/mol. The minimum absolute atomic E-state index is 0.0225. The lowest BCUT2D eigenvalue weighted by atomic mass is 9.93. The summed E-state index contributed by atoms with van der Waals surface area (Å²) in [5.74, 6) is 0.331. The zero-order valence-electron chi connectivity index (χ0n) is 21.0. The summed E-state index contributed by atoms with van der Waals surface area (Å²) in [6.07, 6.45) is 3.28. The minimum atomic E-state index is -2.37. The molecule has 0 unspecified atom stereocenters. The predicted molar refractivity (Wildman–Crippen MR) is 132 cm³/mol. The van der Waals surface area contributed by atoms with Gasteiger partial charge in [0.25, 0.3) is 0 Å². The summed E-state index contributed by atoms with van der Waals surface area (Å²) in [6, 6.07) is 3.70. The average molecular weight is 462 g/mol. The van der Waals surface area contributed by atoms with Gasteiger partial charge in [0.05, 0.1) is 19.2 Å². The smallest absolute Gasteiger partial charge is 0.343 e. The second kappa shape index (κ2) is 9.79. The van der Waals surface area contributed by atoms with Crippen molar-refractivity contribution in [3.05, 3.63) is 39.7 Å². The molecule has 1 aromatic carbocycles. The maximum atomic E-state index is 13.2. The van der Waals surface area contributed by atoms with E-state index in [-0.39, 0.29) is 34.6 Å². The minimum Gasteiger partial charge on any atom is -0.496 e. The van der Waals surface area contributed by atoms with Gasteiger partial charge in [0.1, 0.15) is 11.3 Å². The van der Waals surface area contributed by atoms with Gasteiger partial charge in [0, 0.05) is 23.7 Å². The maximum Gasteiger partial charge on any atom is 0.343 e. The van der Waals surface area contributed by atoms with Crippen molar-refractivity contribution in [1.82, 2.24) is 4.57 Å². The summed E-state index contributed by atoms with van der Waals surface area (Å²) in [6.45, 7) is 16.3. The summed E-state index contributed by atoms with van der Waals surface area (Å²) in [7, 11) is -0.754. The normalized spacial score (nSPS) is 13.5. The monoisotopic (exact) mass is 461 g/mol. The number of carbonyl (C=O) groups excluding carboxylic acids is 1. The SMILES string of the molecule is CCOC(=O)c1cn([C@H](CCC(C)(C)[Si](C)(C)O)C(C)C)c2cc(OC)c(C)cc2c1=O. The first-order valence-corrected chi connectivity index (χ1v) is 14.3. The number of hydrogen-bond donors (Lipinski definition) is 1. The van der Waals surface area contributed by atoms with Crippen molar-refractivity contribution in [2.45, 2.75) is 78.6 Å². The first-order valence-electron chi connectivity index (χ1n) is 11.4. The Morgan fingerprint density at radius 2 is 1.88 bits per heavy atom. The lowest BCUT2D eigenvalue weighted by Crippen LogP contribution is -2.39. The topological polar surface area (TPSA) is 77.8 Å². The van der Waals surface area contributed by atoms with Crippen LogP contribution in [-0.2, 0) is 4.74 Å². The van der Waals surface area contributed by atoms with Crippen molar-refractivity contribution >= 4 is 25.2 Å². The Labute approximate surface area is 192 Å². The van der Waals surface area contributed by atoms with E-state index in [1.54, 1.807) is 26.3 Å². The average Bonchev–Trinajstić information content (AvgIpc) is 2.68. The number of hydrogen-bond acceptors (Lipinski definition) is 5. The number of carbonyl (C=O) groups is 1. The first-order chi connectivity index (χ1) is 14.7. The third-order valence-corrected chi connectivity index (χ3v) is 10.5. The van der Waals surface area contributed by atoms with Crippen LogP contribution in [0.1, 0.15) is 69.4 Å². The summed E-state index contributed by atoms with van der Waals surface area (Å²) in [5, 5.41) is 0.309. The Kier molecular flexibility index (Phi) is 7.99. The molecule has 2 rings (SSSR count). The molecule has 0 radical (unpaired) electrons. The van der Waals surface area contributed by atoms with Crippen LogP contribution < -0.4 is 10.2 Å². The van der Waals surface area contributed by atoms with Gasteiger partial charge in [0.15, 0.2) is 8.32 Å². The molecule has 1 N–H and O–H groups in total. The molecule has 7 heteroatoms. The standard InChI is InChI=1S/C25H39NO5Si/c1-10-31-24(28)19-15-26(20(16(2)3)11-12-25(5,6)32(8,9)29)21-14-22(30-7)17(4)13-18(21)23(19)27/h13-16,20,29H,10-12H2,1-9H3/t20-/m1/s1. The largest absolute Gasteiger partial charge is 0.496 e. The zero-order chi connectivity index (χ0) is 24.4. The molecule has 0 aliphatic rings. The number of aromatic nitrogens is 1. The number of rotatable bonds is 9. The van der Waals surface area contributed by atoms with E-state index in [2.05, 4.69) is 27.7 Å². The van der Waals surface area contributed by atoms with Gasteiger partial charge in [-0.25, -0.2) is 4.79 Å². The fourth-order valence-electron chi connectivity index (χ4n) is 3.94. The lowest BCUT2D eigenvalue weighted by Gasteiger charge is -2.37. The van der Waals surface area contributed by atoms with Crippen molar-refractivity contribution < 1.29 is 19.1 Å². The fraction of sp³-hybridized carbons (Fsp3) is 0.600. The van der Waals surface area contributed by atoms with E-state index >= 15 is 0 Å². The molecule has 0 aliphatic heterocycles. The summed E-state index contributed by atoms with van der Waals surface area (Å²) >= 11 is 0. The van der Waals surface area contributed by atoms with Gasteiger partial charge in [-0.1, -0.05) is 27.7 Å². The highest BCUT2D eigenvalue weighted by atomic mass is 28.4. The third kappa shape index (κ3) is 5.26. The van der Waals surface area contributed by atoms with Gasteiger partial charge >= 0.3 is 5.97 Å². The van der Waals surface area contributed by atoms with Crippen molar-refractivity contribution in [3.63, 3.8) is 0 Å². The molecule has 0 saturated heterocycles. The maximum absolute atomic E-state index is 13.2. The zero-order valence-corrected chi connectivity index (χ0v) is 22.0. The molecule has 0 amide bonds. The van der Waals surface area contributed by atoms with E-state index in [4.69, 9.17) is 9.47 Å². The van der Waals surface area contributed by atoms with Gasteiger partial charge in [0.2, 0.25) is 5.43 Å². The Hall–Kier alpha value is -2.12. The third-order valence-electron chi connectivity index (χ3n) is 6.89. The number of esters is 1. The van der Waals surface area contributed by atoms with Crippen LogP contribution in [-0.4, -0.2) is 37.4 Å². The lowest BCUT2D eigenvalue weighted by molar-refractivity contribution is 0.0523. The van der Waals surface area contributed by atoms with Gasteiger partial charge in [-0.2, -0.15) is 0 Å².